The fourth-order valence-electron chi connectivity index (χ4n) is 1.81. The summed E-state index contributed by atoms with van der Waals surface area (Å²) in [6, 6.07) is 7.29. The van der Waals surface area contributed by atoms with E-state index < -0.39 is 6.04 Å². The molecule has 3 N–H and O–H groups in total. The average Bonchev–Trinajstić information content (AvgIpc) is 2.94. The van der Waals surface area contributed by atoms with Crippen molar-refractivity contribution in [2.45, 2.75) is 19.4 Å². The Hall–Kier alpha value is -1.85. The maximum atomic E-state index is 9.13. The Bertz CT molecular complexity index is 508. The predicted octanol–water partition coefficient (Wildman–Crippen LogP) is 1.65. The van der Waals surface area contributed by atoms with Gasteiger partial charge in [0.1, 0.15) is 5.75 Å². The Labute approximate surface area is 112 Å². The second-order valence-corrected chi connectivity index (χ2v) is 4.32. The Morgan fingerprint density at radius 1 is 1.37 bits per heavy atom. The van der Waals surface area contributed by atoms with Crippen molar-refractivity contribution in [2.75, 3.05) is 13.2 Å². The number of imidazole rings is 1. The number of aliphatic hydroxyl groups is 1. The van der Waals surface area contributed by atoms with Gasteiger partial charge < -0.3 is 20.1 Å². The van der Waals surface area contributed by atoms with Crippen molar-refractivity contribution in [3.8, 4) is 11.4 Å². The molecule has 2 rings (SSSR count). The van der Waals surface area contributed by atoms with Crippen LogP contribution >= 0.6 is 0 Å². The molecule has 1 heterocycles. The van der Waals surface area contributed by atoms with Gasteiger partial charge >= 0.3 is 0 Å². The third kappa shape index (κ3) is 3.13. The molecular formula is C14H19N3O2. The summed E-state index contributed by atoms with van der Waals surface area (Å²) in [6.07, 6.45) is 4.34. The number of nitrogens with zero attached hydrogens (tertiary/aromatic N) is 2. The van der Waals surface area contributed by atoms with Gasteiger partial charge in [0, 0.05) is 5.69 Å². The quantitative estimate of drug-likeness (QED) is 0.829. The second-order valence-electron chi connectivity index (χ2n) is 4.32. The molecule has 0 saturated heterocycles. The van der Waals surface area contributed by atoms with E-state index in [1.807, 2.05) is 28.8 Å². The molecular weight excluding hydrogens is 242 g/mol. The van der Waals surface area contributed by atoms with Crippen LogP contribution in [0.5, 0.6) is 5.75 Å². The molecule has 1 atom stereocenters. The first-order valence-electron chi connectivity index (χ1n) is 6.38. The van der Waals surface area contributed by atoms with Crippen molar-refractivity contribution >= 4 is 0 Å². The van der Waals surface area contributed by atoms with Gasteiger partial charge in [-0.2, -0.15) is 0 Å². The van der Waals surface area contributed by atoms with Gasteiger partial charge in [-0.3, -0.25) is 0 Å². The van der Waals surface area contributed by atoms with Crippen LogP contribution in [0.15, 0.2) is 36.8 Å². The highest BCUT2D eigenvalue weighted by Gasteiger charge is 2.11. The van der Waals surface area contributed by atoms with E-state index in [0.717, 1.165) is 23.6 Å². The predicted molar refractivity (Wildman–Crippen MR) is 73.4 cm³/mol. The van der Waals surface area contributed by atoms with E-state index in [9.17, 15) is 0 Å². The van der Waals surface area contributed by atoms with Gasteiger partial charge in [0.15, 0.2) is 0 Å². The number of benzene rings is 1. The average molecular weight is 261 g/mol. The number of ether oxygens (including phenoxy) is 1. The Kier molecular flexibility index (Phi) is 4.54. The summed E-state index contributed by atoms with van der Waals surface area (Å²) in [6.45, 7) is 2.68. The van der Waals surface area contributed by atoms with E-state index in [1.165, 1.54) is 0 Å². The number of nitrogens with two attached hydrogens (primary N) is 1. The van der Waals surface area contributed by atoms with Crippen LogP contribution in [0.2, 0.25) is 0 Å². The SMILES string of the molecule is CCCOc1ccc(-n2cncc2C(N)CO)cc1. The lowest BCUT2D eigenvalue weighted by molar-refractivity contribution is 0.265. The Morgan fingerprint density at radius 2 is 2.11 bits per heavy atom. The van der Waals surface area contributed by atoms with Crippen molar-refractivity contribution in [2.24, 2.45) is 5.73 Å². The van der Waals surface area contributed by atoms with Gasteiger partial charge in [0.05, 0.1) is 37.5 Å². The monoisotopic (exact) mass is 261 g/mol. The molecule has 0 radical (unpaired) electrons. The van der Waals surface area contributed by atoms with E-state index in [1.54, 1.807) is 12.5 Å². The van der Waals surface area contributed by atoms with Crippen LogP contribution in [0.4, 0.5) is 0 Å². The molecule has 1 aromatic carbocycles. The summed E-state index contributed by atoms with van der Waals surface area (Å²) < 4.78 is 7.40. The fourth-order valence-corrected chi connectivity index (χ4v) is 1.81. The summed E-state index contributed by atoms with van der Waals surface area (Å²) in [5, 5.41) is 9.13. The van der Waals surface area contributed by atoms with E-state index in [2.05, 4.69) is 11.9 Å². The minimum atomic E-state index is -0.432. The summed E-state index contributed by atoms with van der Waals surface area (Å²) in [5.41, 5.74) is 7.56. The zero-order valence-electron chi connectivity index (χ0n) is 11.0. The smallest absolute Gasteiger partial charge is 0.119 e. The van der Waals surface area contributed by atoms with Crippen LogP contribution in [0, 0.1) is 0 Å². The zero-order valence-corrected chi connectivity index (χ0v) is 11.0. The second kappa shape index (κ2) is 6.36. The molecule has 102 valence electrons. The lowest BCUT2D eigenvalue weighted by Crippen LogP contribution is -2.18. The molecule has 1 unspecified atom stereocenters. The molecule has 0 spiro atoms. The van der Waals surface area contributed by atoms with Crippen molar-refractivity contribution in [3.05, 3.63) is 42.5 Å². The fraction of sp³-hybridized carbons (Fsp3) is 0.357. The van der Waals surface area contributed by atoms with Crippen LogP contribution in [0.25, 0.3) is 5.69 Å². The van der Waals surface area contributed by atoms with Gasteiger partial charge in [0.25, 0.3) is 0 Å². The number of hydrogen-bond acceptors (Lipinski definition) is 4. The van der Waals surface area contributed by atoms with E-state index in [4.69, 9.17) is 15.6 Å². The maximum absolute atomic E-state index is 9.13. The Morgan fingerprint density at radius 3 is 2.74 bits per heavy atom. The molecule has 1 aromatic heterocycles. The molecule has 5 nitrogen and oxygen atoms in total. The number of aliphatic hydroxyl groups excluding tert-OH is 1. The molecule has 2 aromatic rings. The van der Waals surface area contributed by atoms with E-state index in [0.29, 0.717) is 6.61 Å². The first-order chi connectivity index (χ1) is 9.26. The molecule has 19 heavy (non-hydrogen) atoms. The van der Waals surface area contributed by atoms with Crippen molar-refractivity contribution in [3.63, 3.8) is 0 Å². The van der Waals surface area contributed by atoms with Crippen LogP contribution in [0.3, 0.4) is 0 Å². The molecule has 0 bridgehead atoms. The maximum Gasteiger partial charge on any atom is 0.119 e. The largest absolute Gasteiger partial charge is 0.494 e. The molecule has 5 heteroatoms. The molecule has 0 aliphatic rings. The highest BCUT2D eigenvalue weighted by Crippen LogP contribution is 2.19. The van der Waals surface area contributed by atoms with Crippen LogP contribution in [0.1, 0.15) is 25.1 Å². The van der Waals surface area contributed by atoms with Crippen LogP contribution < -0.4 is 10.5 Å². The minimum absolute atomic E-state index is 0.108. The third-order valence-electron chi connectivity index (χ3n) is 2.83. The topological polar surface area (TPSA) is 73.3 Å². The number of hydrogen-bond donors (Lipinski definition) is 2. The standard InChI is InChI=1S/C14H19N3O2/c1-2-7-19-12-5-3-11(4-6-12)17-10-16-8-14(17)13(15)9-18/h3-6,8,10,13,18H,2,7,9,15H2,1H3. The van der Waals surface area contributed by atoms with Gasteiger partial charge in [-0.1, -0.05) is 6.92 Å². The first-order valence-corrected chi connectivity index (χ1v) is 6.38. The zero-order chi connectivity index (χ0) is 13.7. The van der Waals surface area contributed by atoms with Crippen molar-refractivity contribution in [1.29, 1.82) is 0 Å². The van der Waals surface area contributed by atoms with Gasteiger partial charge in [-0.25, -0.2) is 4.98 Å². The summed E-state index contributed by atoms with van der Waals surface area (Å²) in [5.74, 6) is 0.846. The lowest BCUT2D eigenvalue weighted by atomic mass is 10.2. The summed E-state index contributed by atoms with van der Waals surface area (Å²) in [7, 11) is 0. The van der Waals surface area contributed by atoms with Crippen molar-refractivity contribution < 1.29 is 9.84 Å². The molecule has 0 amide bonds. The number of aromatic nitrogens is 2. The third-order valence-corrected chi connectivity index (χ3v) is 2.83. The molecule has 0 aliphatic carbocycles. The molecule has 0 saturated carbocycles. The van der Waals surface area contributed by atoms with Gasteiger partial charge in [-0.15, -0.1) is 0 Å². The van der Waals surface area contributed by atoms with Gasteiger partial charge in [0.2, 0.25) is 0 Å². The summed E-state index contributed by atoms with van der Waals surface area (Å²) >= 11 is 0. The van der Waals surface area contributed by atoms with Crippen LogP contribution in [-0.2, 0) is 0 Å². The van der Waals surface area contributed by atoms with E-state index in [-0.39, 0.29) is 6.61 Å². The molecule has 0 aliphatic heterocycles. The molecule has 0 fully saturated rings. The highest BCUT2D eigenvalue weighted by molar-refractivity contribution is 5.39. The normalized spacial score (nSPS) is 12.4. The van der Waals surface area contributed by atoms with Crippen LogP contribution in [-0.4, -0.2) is 27.9 Å². The van der Waals surface area contributed by atoms with Crippen molar-refractivity contribution in [1.82, 2.24) is 9.55 Å². The number of rotatable bonds is 6. The minimum Gasteiger partial charge on any atom is -0.494 e. The highest BCUT2D eigenvalue weighted by atomic mass is 16.5. The first kappa shape index (κ1) is 13.6. The summed E-state index contributed by atoms with van der Waals surface area (Å²) in [4.78, 5) is 4.08. The van der Waals surface area contributed by atoms with Gasteiger partial charge in [-0.05, 0) is 30.7 Å². The van der Waals surface area contributed by atoms with E-state index >= 15 is 0 Å². The Balaban J connectivity index is 2.20. The lowest BCUT2D eigenvalue weighted by Gasteiger charge is -2.13.